The average molecular weight is 422 g/mol. The van der Waals surface area contributed by atoms with Gasteiger partial charge in [0.05, 0.1) is 0 Å². The molecule has 1 fully saturated rings. The Morgan fingerprint density at radius 3 is 2.48 bits per heavy atom. The van der Waals surface area contributed by atoms with Gasteiger partial charge in [-0.05, 0) is 60.9 Å². The average Bonchev–Trinajstić information content (AvgIpc) is 2.78. The molecule has 1 aliphatic carbocycles. The fourth-order valence-corrected chi connectivity index (χ4v) is 4.79. The van der Waals surface area contributed by atoms with Crippen LogP contribution in [0.5, 0.6) is 0 Å². The van der Waals surface area contributed by atoms with Crippen LogP contribution in [0.4, 0.5) is 5.69 Å². The smallest absolute Gasteiger partial charge is 0.0366 e. The summed E-state index contributed by atoms with van der Waals surface area (Å²) in [6, 6.07) is 19.1. The third-order valence-corrected chi connectivity index (χ3v) is 6.63. The molecule has 1 unspecified atom stereocenters. The van der Waals surface area contributed by atoms with Gasteiger partial charge in [0.1, 0.15) is 0 Å². The highest BCUT2D eigenvalue weighted by atomic mass is 15.1. The second kappa shape index (κ2) is 12.3. The van der Waals surface area contributed by atoms with Gasteiger partial charge in [0.2, 0.25) is 0 Å². The van der Waals surface area contributed by atoms with Gasteiger partial charge < -0.3 is 15.5 Å². The standard InChI is InChI=1S/C28H43N3/c1-22(2)29-17-18-31(4)27-15-10-11-24(20-27)19-23(3)30-21-26-14-8-9-16-28(26)25-12-6-5-7-13-25/h8-11,14-16,20,22-23,25,29-30H,5-7,12-13,17-19,21H2,1-4H3. The Morgan fingerprint density at radius 1 is 0.935 bits per heavy atom. The third kappa shape index (κ3) is 7.66. The maximum atomic E-state index is 3.80. The van der Waals surface area contributed by atoms with E-state index in [1.165, 1.54) is 48.9 Å². The highest BCUT2D eigenvalue weighted by molar-refractivity contribution is 5.48. The molecule has 1 aliphatic rings. The van der Waals surface area contributed by atoms with Gasteiger partial charge in [0.25, 0.3) is 0 Å². The summed E-state index contributed by atoms with van der Waals surface area (Å²) in [6.07, 6.45) is 7.97. The molecule has 1 atom stereocenters. The van der Waals surface area contributed by atoms with Gasteiger partial charge in [-0.25, -0.2) is 0 Å². The van der Waals surface area contributed by atoms with E-state index in [9.17, 15) is 0 Å². The van der Waals surface area contributed by atoms with Crippen LogP contribution < -0.4 is 15.5 Å². The molecule has 0 amide bonds. The van der Waals surface area contributed by atoms with Crippen LogP contribution in [0.15, 0.2) is 48.5 Å². The molecule has 31 heavy (non-hydrogen) atoms. The monoisotopic (exact) mass is 421 g/mol. The Bertz CT molecular complexity index is 779. The zero-order chi connectivity index (χ0) is 22.1. The van der Waals surface area contributed by atoms with Crippen LogP contribution >= 0.6 is 0 Å². The summed E-state index contributed by atoms with van der Waals surface area (Å²) in [7, 11) is 2.19. The van der Waals surface area contributed by atoms with Crippen molar-refractivity contribution in [2.45, 2.75) is 83.8 Å². The van der Waals surface area contributed by atoms with Crippen molar-refractivity contribution in [2.75, 3.05) is 25.0 Å². The first-order valence-electron chi connectivity index (χ1n) is 12.4. The lowest BCUT2D eigenvalue weighted by atomic mass is 9.82. The minimum atomic E-state index is 0.447. The highest BCUT2D eigenvalue weighted by Gasteiger charge is 2.18. The first kappa shape index (κ1) is 23.8. The van der Waals surface area contributed by atoms with Gasteiger partial charge in [0.15, 0.2) is 0 Å². The summed E-state index contributed by atoms with van der Waals surface area (Å²) in [5.41, 5.74) is 5.78. The zero-order valence-electron chi connectivity index (χ0n) is 20.2. The second-order valence-corrected chi connectivity index (χ2v) is 9.72. The summed E-state index contributed by atoms with van der Waals surface area (Å²) < 4.78 is 0. The molecule has 2 N–H and O–H groups in total. The SMILES string of the molecule is CC(C)NCCN(C)c1cccc(CC(C)NCc2ccccc2C2CCCCC2)c1. The van der Waals surface area contributed by atoms with E-state index in [0.29, 0.717) is 12.1 Å². The predicted octanol–water partition coefficient (Wildman–Crippen LogP) is 5.89. The Kier molecular flexibility index (Phi) is 9.42. The largest absolute Gasteiger partial charge is 0.373 e. The molecule has 0 saturated heterocycles. The molecule has 0 aliphatic heterocycles. The number of hydrogen-bond acceptors (Lipinski definition) is 3. The Morgan fingerprint density at radius 2 is 1.71 bits per heavy atom. The van der Waals surface area contributed by atoms with Crippen LogP contribution in [0.2, 0.25) is 0 Å². The molecule has 0 spiro atoms. The van der Waals surface area contributed by atoms with E-state index < -0.39 is 0 Å². The lowest BCUT2D eigenvalue weighted by molar-refractivity contribution is 0.439. The molecule has 170 valence electrons. The maximum absolute atomic E-state index is 3.80. The number of rotatable bonds is 11. The maximum Gasteiger partial charge on any atom is 0.0366 e. The molecule has 3 nitrogen and oxygen atoms in total. The normalized spacial score (nSPS) is 15.9. The lowest BCUT2D eigenvalue weighted by Crippen LogP contribution is -2.33. The number of nitrogens with zero attached hydrogens (tertiary/aromatic N) is 1. The van der Waals surface area contributed by atoms with Crippen LogP contribution in [0, 0.1) is 0 Å². The Labute approximate surface area is 190 Å². The number of likely N-dealkylation sites (N-methyl/N-ethyl adjacent to an activating group) is 1. The molecule has 1 saturated carbocycles. The lowest BCUT2D eigenvalue weighted by Gasteiger charge is -2.25. The zero-order valence-corrected chi connectivity index (χ0v) is 20.2. The van der Waals surface area contributed by atoms with Gasteiger partial charge in [-0.1, -0.05) is 69.5 Å². The van der Waals surface area contributed by atoms with Crippen molar-refractivity contribution < 1.29 is 0 Å². The summed E-state index contributed by atoms with van der Waals surface area (Å²) >= 11 is 0. The van der Waals surface area contributed by atoms with Crippen LogP contribution in [0.1, 0.15) is 75.5 Å². The van der Waals surface area contributed by atoms with Crippen LogP contribution in [-0.4, -0.2) is 32.2 Å². The van der Waals surface area contributed by atoms with Gasteiger partial charge in [-0.15, -0.1) is 0 Å². The Hall–Kier alpha value is -1.84. The number of hydrogen-bond donors (Lipinski definition) is 2. The van der Waals surface area contributed by atoms with Crippen molar-refractivity contribution in [1.82, 2.24) is 10.6 Å². The summed E-state index contributed by atoms with van der Waals surface area (Å²) in [5, 5.41) is 7.30. The minimum absolute atomic E-state index is 0.447. The van der Waals surface area contributed by atoms with E-state index in [2.05, 4.69) is 91.9 Å². The van der Waals surface area contributed by atoms with Crippen LogP contribution in [0.3, 0.4) is 0 Å². The molecule has 2 aromatic rings. The fourth-order valence-electron chi connectivity index (χ4n) is 4.79. The van der Waals surface area contributed by atoms with Crippen LogP contribution in [0.25, 0.3) is 0 Å². The number of benzene rings is 2. The topological polar surface area (TPSA) is 27.3 Å². The predicted molar refractivity (Wildman–Crippen MR) is 135 cm³/mol. The molecular weight excluding hydrogens is 378 g/mol. The van der Waals surface area contributed by atoms with Crippen molar-refractivity contribution >= 4 is 5.69 Å². The van der Waals surface area contributed by atoms with E-state index in [1.807, 2.05) is 0 Å². The van der Waals surface area contributed by atoms with E-state index in [1.54, 1.807) is 5.56 Å². The van der Waals surface area contributed by atoms with Crippen molar-refractivity contribution in [3.8, 4) is 0 Å². The first-order chi connectivity index (χ1) is 15.0. The quantitative estimate of drug-likeness (QED) is 0.474. The molecule has 3 heteroatoms. The van der Waals surface area contributed by atoms with E-state index in [-0.39, 0.29) is 0 Å². The van der Waals surface area contributed by atoms with E-state index in [4.69, 9.17) is 0 Å². The van der Waals surface area contributed by atoms with Crippen LogP contribution in [-0.2, 0) is 13.0 Å². The second-order valence-electron chi connectivity index (χ2n) is 9.72. The minimum Gasteiger partial charge on any atom is -0.373 e. The molecule has 3 rings (SSSR count). The molecule has 0 radical (unpaired) electrons. The van der Waals surface area contributed by atoms with E-state index in [0.717, 1.165) is 32.0 Å². The number of anilines is 1. The van der Waals surface area contributed by atoms with Gasteiger partial charge in [0, 0.05) is 44.5 Å². The molecule has 0 heterocycles. The van der Waals surface area contributed by atoms with Gasteiger partial charge >= 0.3 is 0 Å². The number of nitrogens with one attached hydrogen (secondary N) is 2. The summed E-state index contributed by atoms with van der Waals surface area (Å²) in [6.45, 7) is 9.70. The van der Waals surface area contributed by atoms with E-state index >= 15 is 0 Å². The molecule has 2 aromatic carbocycles. The fraction of sp³-hybridized carbons (Fsp3) is 0.571. The first-order valence-corrected chi connectivity index (χ1v) is 12.4. The van der Waals surface area contributed by atoms with Crippen molar-refractivity contribution in [3.63, 3.8) is 0 Å². The molecular formula is C28H43N3. The third-order valence-electron chi connectivity index (χ3n) is 6.63. The Balaban J connectivity index is 1.53. The summed E-state index contributed by atoms with van der Waals surface area (Å²) in [4.78, 5) is 2.34. The van der Waals surface area contributed by atoms with Gasteiger partial charge in [-0.3, -0.25) is 0 Å². The van der Waals surface area contributed by atoms with Crippen molar-refractivity contribution in [3.05, 3.63) is 65.2 Å². The highest BCUT2D eigenvalue weighted by Crippen LogP contribution is 2.34. The van der Waals surface area contributed by atoms with Crippen molar-refractivity contribution in [2.24, 2.45) is 0 Å². The molecule has 0 bridgehead atoms. The molecule has 0 aromatic heterocycles. The van der Waals surface area contributed by atoms with Crippen molar-refractivity contribution in [1.29, 1.82) is 0 Å². The summed E-state index contributed by atoms with van der Waals surface area (Å²) in [5.74, 6) is 0.763. The van der Waals surface area contributed by atoms with Gasteiger partial charge in [-0.2, -0.15) is 0 Å².